The van der Waals surface area contributed by atoms with Crippen molar-refractivity contribution in [3.8, 4) is 17.2 Å². The number of hydrogen-bond donors (Lipinski definition) is 1. The molecule has 0 fully saturated rings. The van der Waals surface area contributed by atoms with Gasteiger partial charge in [-0.15, -0.1) is 0 Å². The van der Waals surface area contributed by atoms with Crippen molar-refractivity contribution in [1.82, 2.24) is 0 Å². The SMILES string of the molecule is CCOc1ccc(C(=O)Nc2ccccc2Oc2ccccc2)cc1COC. The molecule has 144 valence electrons. The summed E-state index contributed by atoms with van der Waals surface area (Å²) in [5.41, 5.74) is 1.94. The summed E-state index contributed by atoms with van der Waals surface area (Å²) >= 11 is 0. The van der Waals surface area contributed by atoms with Crippen LogP contribution in [0.15, 0.2) is 72.8 Å². The summed E-state index contributed by atoms with van der Waals surface area (Å²) in [5, 5.41) is 2.92. The van der Waals surface area contributed by atoms with Crippen LogP contribution >= 0.6 is 0 Å². The van der Waals surface area contributed by atoms with Gasteiger partial charge < -0.3 is 19.5 Å². The molecule has 1 N–H and O–H groups in total. The second-order valence-corrected chi connectivity index (χ2v) is 6.05. The van der Waals surface area contributed by atoms with Gasteiger partial charge in [0.05, 0.1) is 18.9 Å². The number of benzene rings is 3. The minimum absolute atomic E-state index is 0.232. The average molecular weight is 377 g/mol. The van der Waals surface area contributed by atoms with Gasteiger partial charge in [0.1, 0.15) is 11.5 Å². The molecule has 0 unspecified atom stereocenters. The maximum Gasteiger partial charge on any atom is 0.255 e. The summed E-state index contributed by atoms with van der Waals surface area (Å²) in [6, 6.07) is 22.1. The molecular formula is C23H23NO4. The lowest BCUT2D eigenvalue weighted by atomic mass is 10.1. The summed E-state index contributed by atoms with van der Waals surface area (Å²) < 4.78 is 16.7. The van der Waals surface area contributed by atoms with Crippen LogP contribution in [-0.4, -0.2) is 19.6 Å². The largest absolute Gasteiger partial charge is 0.494 e. The van der Waals surface area contributed by atoms with Crippen molar-refractivity contribution in [1.29, 1.82) is 0 Å². The van der Waals surface area contributed by atoms with Crippen molar-refractivity contribution in [2.24, 2.45) is 0 Å². The predicted octanol–water partition coefficient (Wildman–Crippen LogP) is 5.28. The summed E-state index contributed by atoms with van der Waals surface area (Å²) in [4.78, 5) is 12.8. The highest BCUT2D eigenvalue weighted by molar-refractivity contribution is 6.05. The van der Waals surface area contributed by atoms with E-state index in [-0.39, 0.29) is 5.91 Å². The maximum atomic E-state index is 12.8. The highest BCUT2D eigenvalue weighted by Gasteiger charge is 2.13. The minimum atomic E-state index is -0.232. The molecule has 0 saturated heterocycles. The van der Waals surface area contributed by atoms with Gasteiger partial charge in [0.15, 0.2) is 5.75 Å². The zero-order chi connectivity index (χ0) is 19.8. The molecule has 0 atom stereocenters. The zero-order valence-electron chi connectivity index (χ0n) is 16.0. The lowest BCUT2D eigenvalue weighted by molar-refractivity contribution is 0.102. The molecule has 3 aromatic rings. The second kappa shape index (κ2) is 9.58. The van der Waals surface area contributed by atoms with E-state index >= 15 is 0 Å². The van der Waals surface area contributed by atoms with Crippen LogP contribution in [0.1, 0.15) is 22.8 Å². The molecule has 0 saturated carbocycles. The van der Waals surface area contributed by atoms with E-state index in [4.69, 9.17) is 14.2 Å². The zero-order valence-corrected chi connectivity index (χ0v) is 16.0. The quantitative estimate of drug-likeness (QED) is 0.580. The van der Waals surface area contributed by atoms with Gasteiger partial charge in [0.2, 0.25) is 0 Å². The predicted molar refractivity (Wildman–Crippen MR) is 109 cm³/mol. The average Bonchev–Trinajstić information content (AvgIpc) is 2.72. The third-order valence-corrected chi connectivity index (χ3v) is 4.03. The number of anilines is 1. The molecule has 5 nitrogen and oxygen atoms in total. The van der Waals surface area contributed by atoms with Crippen LogP contribution in [0.3, 0.4) is 0 Å². The van der Waals surface area contributed by atoms with Gasteiger partial charge in [-0.25, -0.2) is 0 Å². The van der Waals surface area contributed by atoms with Gasteiger partial charge in [0.25, 0.3) is 5.91 Å². The number of rotatable bonds is 8. The standard InChI is InChI=1S/C23H23NO4/c1-3-27-21-14-13-17(15-18(21)16-26-2)23(25)24-20-11-7-8-12-22(20)28-19-9-5-4-6-10-19/h4-15H,3,16H2,1-2H3,(H,24,25). The smallest absolute Gasteiger partial charge is 0.255 e. The van der Waals surface area contributed by atoms with Crippen LogP contribution in [0.5, 0.6) is 17.2 Å². The molecule has 28 heavy (non-hydrogen) atoms. The first-order valence-corrected chi connectivity index (χ1v) is 9.09. The first kappa shape index (κ1) is 19.5. The number of methoxy groups -OCH3 is 1. The number of carbonyl (C=O) groups excluding carboxylic acids is 1. The Kier molecular flexibility index (Phi) is 6.65. The topological polar surface area (TPSA) is 56.8 Å². The number of nitrogens with one attached hydrogen (secondary N) is 1. The van der Waals surface area contributed by atoms with E-state index in [1.165, 1.54) is 0 Å². The number of hydrogen-bond acceptors (Lipinski definition) is 4. The maximum absolute atomic E-state index is 12.8. The molecule has 0 bridgehead atoms. The normalized spacial score (nSPS) is 10.4. The minimum Gasteiger partial charge on any atom is -0.494 e. The molecule has 3 aromatic carbocycles. The van der Waals surface area contributed by atoms with E-state index < -0.39 is 0 Å². The number of carbonyl (C=O) groups is 1. The fourth-order valence-electron chi connectivity index (χ4n) is 2.75. The molecule has 0 aliphatic rings. The molecule has 3 rings (SSSR count). The molecule has 1 amide bonds. The first-order valence-electron chi connectivity index (χ1n) is 9.09. The first-order chi connectivity index (χ1) is 13.7. The Morgan fingerprint density at radius 3 is 2.43 bits per heavy atom. The molecule has 0 radical (unpaired) electrons. The molecule has 0 heterocycles. The summed E-state index contributed by atoms with van der Waals surface area (Å²) in [7, 11) is 1.61. The van der Waals surface area contributed by atoms with Crippen LogP contribution < -0.4 is 14.8 Å². The van der Waals surface area contributed by atoms with Crippen LogP contribution in [0.2, 0.25) is 0 Å². The summed E-state index contributed by atoms with van der Waals surface area (Å²) in [5.74, 6) is 1.76. The summed E-state index contributed by atoms with van der Waals surface area (Å²) in [6.07, 6.45) is 0. The van der Waals surface area contributed by atoms with Crippen molar-refractivity contribution in [3.63, 3.8) is 0 Å². The van der Waals surface area contributed by atoms with E-state index in [0.717, 1.165) is 5.56 Å². The van der Waals surface area contributed by atoms with Crippen molar-refractivity contribution < 1.29 is 19.0 Å². The molecule has 5 heteroatoms. The van der Waals surface area contributed by atoms with Gasteiger partial charge >= 0.3 is 0 Å². The third kappa shape index (κ3) is 4.90. The van der Waals surface area contributed by atoms with Gasteiger partial charge in [-0.1, -0.05) is 30.3 Å². The number of amides is 1. The number of para-hydroxylation sites is 3. The fraction of sp³-hybridized carbons (Fsp3) is 0.174. The van der Waals surface area contributed by atoms with Gasteiger partial charge in [-0.05, 0) is 49.4 Å². The van der Waals surface area contributed by atoms with E-state index in [2.05, 4.69) is 5.32 Å². The Morgan fingerprint density at radius 1 is 0.929 bits per heavy atom. The monoisotopic (exact) mass is 377 g/mol. The van der Waals surface area contributed by atoms with Gasteiger partial charge in [-0.2, -0.15) is 0 Å². The van der Waals surface area contributed by atoms with Crippen molar-refractivity contribution in [2.75, 3.05) is 19.0 Å². The van der Waals surface area contributed by atoms with Gasteiger partial charge in [-0.3, -0.25) is 4.79 Å². The Bertz CT molecular complexity index is 925. The lowest BCUT2D eigenvalue weighted by Gasteiger charge is -2.14. The Morgan fingerprint density at radius 2 is 1.68 bits per heavy atom. The highest BCUT2D eigenvalue weighted by atomic mass is 16.5. The molecule has 0 spiro atoms. The van der Waals surface area contributed by atoms with Crippen molar-refractivity contribution >= 4 is 11.6 Å². The van der Waals surface area contributed by atoms with Crippen LogP contribution in [0.25, 0.3) is 0 Å². The second-order valence-electron chi connectivity index (χ2n) is 6.05. The Balaban J connectivity index is 1.80. The van der Waals surface area contributed by atoms with Crippen LogP contribution in [0.4, 0.5) is 5.69 Å². The van der Waals surface area contributed by atoms with Crippen molar-refractivity contribution in [3.05, 3.63) is 83.9 Å². The Labute approximate surface area is 164 Å². The van der Waals surface area contributed by atoms with Crippen molar-refractivity contribution in [2.45, 2.75) is 13.5 Å². The Hall–Kier alpha value is -3.31. The highest BCUT2D eigenvalue weighted by Crippen LogP contribution is 2.30. The van der Waals surface area contributed by atoms with E-state index in [1.54, 1.807) is 31.4 Å². The van der Waals surface area contributed by atoms with Crippen LogP contribution in [-0.2, 0) is 11.3 Å². The van der Waals surface area contributed by atoms with Gasteiger partial charge in [0, 0.05) is 18.2 Å². The third-order valence-electron chi connectivity index (χ3n) is 4.03. The van der Waals surface area contributed by atoms with E-state index in [0.29, 0.717) is 41.7 Å². The fourth-order valence-corrected chi connectivity index (χ4v) is 2.75. The lowest BCUT2D eigenvalue weighted by Crippen LogP contribution is -2.13. The molecule has 0 aliphatic heterocycles. The summed E-state index contributed by atoms with van der Waals surface area (Å²) in [6.45, 7) is 2.83. The number of ether oxygens (including phenoxy) is 3. The molecule has 0 aliphatic carbocycles. The van der Waals surface area contributed by atoms with E-state index in [9.17, 15) is 4.79 Å². The molecule has 0 aromatic heterocycles. The van der Waals surface area contributed by atoms with E-state index in [1.807, 2.05) is 55.5 Å². The van der Waals surface area contributed by atoms with Crippen LogP contribution in [0, 0.1) is 0 Å². The molecular weight excluding hydrogens is 354 g/mol.